The Labute approximate surface area is 101 Å². The van der Waals surface area contributed by atoms with Crippen LogP contribution < -0.4 is 11.1 Å². The zero-order valence-corrected chi connectivity index (χ0v) is 9.78. The standard InChI is InChI=1S/C9H10N4O3S/c1-4-2-6(13-16-4)11-7(14)3-5-8(15)12-9(10)17-5/h2,5H,3H2,1H3,(H2,10,12,15)(H,11,13,14)/t5-/m1/s1. The summed E-state index contributed by atoms with van der Waals surface area (Å²) in [6.07, 6.45) is 0.0135. The molecule has 90 valence electrons. The van der Waals surface area contributed by atoms with Crippen molar-refractivity contribution in [2.75, 3.05) is 5.32 Å². The molecule has 1 aliphatic rings. The van der Waals surface area contributed by atoms with Crippen LogP contribution in [0.3, 0.4) is 0 Å². The second kappa shape index (κ2) is 4.58. The number of anilines is 1. The van der Waals surface area contributed by atoms with Gasteiger partial charge in [-0.25, -0.2) is 0 Å². The number of carbonyl (C=O) groups is 2. The molecular formula is C9H10N4O3S. The molecule has 0 radical (unpaired) electrons. The van der Waals surface area contributed by atoms with Gasteiger partial charge in [-0.1, -0.05) is 16.9 Å². The molecule has 0 fully saturated rings. The van der Waals surface area contributed by atoms with Gasteiger partial charge in [-0.2, -0.15) is 4.99 Å². The molecule has 0 spiro atoms. The molecule has 0 bridgehead atoms. The van der Waals surface area contributed by atoms with Crippen LogP contribution in [-0.4, -0.2) is 27.4 Å². The lowest BCUT2D eigenvalue weighted by molar-refractivity contribution is -0.121. The number of carbonyl (C=O) groups excluding carboxylic acids is 2. The van der Waals surface area contributed by atoms with E-state index in [4.69, 9.17) is 10.3 Å². The minimum absolute atomic E-state index is 0.0135. The SMILES string of the molecule is Cc1cc(NC(=O)C[C@H]2SC(N)=NC2=O)no1. The van der Waals surface area contributed by atoms with Gasteiger partial charge >= 0.3 is 0 Å². The van der Waals surface area contributed by atoms with Crippen molar-refractivity contribution in [3.05, 3.63) is 11.8 Å². The van der Waals surface area contributed by atoms with E-state index in [1.165, 1.54) is 0 Å². The number of amidine groups is 1. The predicted molar refractivity (Wildman–Crippen MR) is 62.5 cm³/mol. The Kier molecular flexibility index (Phi) is 3.14. The number of aliphatic imine (C=N–C) groups is 1. The van der Waals surface area contributed by atoms with E-state index < -0.39 is 5.25 Å². The van der Waals surface area contributed by atoms with Crippen molar-refractivity contribution in [3.8, 4) is 0 Å². The van der Waals surface area contributed by atoms with Crippen molar-refractivity contribution in [1.29, 1.82) is 0 Å². The lowest BCUT2D eigenvalue weighted by Crippen LogP contribution is -2.21. The smallest absolute Gasteiger partial charge is 0.262 e. The summed E-state index contributed by atoms with van der Waals surface area (Å²) in [4.78, 5) is 26.4. The van der Waals surface area contributed by atoms with E-state index in [1.54, 1.807) is 13.0 Å². The number of amides is 2. The van der Waals surface area contributed by atoms with Gasteiger partial charge < -0.3 is 15.6 Å². The molecule has 1 aliphatic heterocycles. The molecule has 2 heterocycles. The van der Waals surface area contributed by atoms with E-state index in [9.17, 15) is 9.59 Å². The van der Waals surface area contributed by atoms with Gasteiger partial charge in [-0.3, -0.25) is 9.59 Å². The van der Waals surface area contributed by atoms with E-state index in [2.05, 4.69) is 15.5 Å². The summed E-state index contributed by atoms with van der Waals surface area (Å²) in [5, 5.41) is 5.80. The fourth-order valence-electron chi connectivity index (χ4n) is 1.32. The molecule has 0 aliphatic carbocycles. The van der Waals surface area contributed by atoms with E-state index in [1.807, 2.05) is 0 Å². The van der Waals surface area contributed by atoms with Crippen molar-refractivity contribution in [2.24, 2.45) is 10.7 Å². The highest BCUT2D eigenvalue weighted by molar-refractivity contribution is 8.15. The molecule has 0 aromatic carbocycles. The molecule has 1 aromatic heterocycles. The quantitative estimate of drug-likeness (QED) is 0.800. The van der Waals surface area contributed by atoms with Gasteiger partial charge in [0.25, 0.3) is 5.91 Å². The highest BCUT2D eigenvalue weighted by Gasteiger charge is 2.29. The molecule has 3 N–H and O–H groups in total. The lowest BCUT2D eigenvalue weighted by atomic mass is 10.3. The summed E-state index contributed by atoms with van der Waals surface area (Å²) in [5.41, 5.74) is 5.38. The van der Waals surface area contributed by atoms with E-state index in [0.29, 0.717) is 11.6 Å². The molecule has 2 amide bonds. The van der Waals surface area contributed by atoms with E-state index >= 15 is 0 Å². The van der Waals surface area contributed by atoms with Crippen LogP contribution in [0.25, 0.3) is 0 Å². The van der Waals surface area contributed by atoms with Gasteiger partial charge in [0.15, 0.2) is 11.0 Å². The molecule has 1 atom stereocenters. The summed E-state index contributed by atoms with van der Waals surface area (Å²) >= 11 is 1.09. The summed E-state index contributed by atoms with van der Waals surface area (Å²) in [5.74, 6) is 0.226. The minimum Gasteiger partial charge on any atom is -0.378 e. The van der Waals surface area contributed by atoms with E-state index in [0.717, 1.165) is 11.8 Å². The monoisotopic (exact) mass is 254 g/mol. The van der Waals surface area contributed by atoms with Crippen LogP contribution in [0.2, 0.25) is 0 Å². The van der Waals surface area contributed by atoms with Crippen molar-refractivity contribution in [2.45, 2.75) is 18.6 Å². The molecule has 0 saturated carbocycles. The number of thioether (sulfide) groups is 1. The first-order valence-electron chi connectivity index (χ1n) is 4.82. The van der Waals surface area contributed by atoms with Crippen LogP contribution in [-0.2, 0) is 9.59 Å². The summed E-state index contributed by atoms with van der Waals surface area (Å²) in [6.45, 7) is 1.72. The third-order valence-corrected chi connectivity index (χ3v) is 3.01. The Morgan fingerprint density at radius 3 is 3.00 bits per heavy atom. The largest absolute Gasteiger partial charge is 0.378 e. The first-order chi connectivity index (χ1) is 8.04. The number of nitrogens with two attached hydrogens (primary N) is 1. The topological polar surface area (TPSA) is 111 Å². The van der Waals surface area contributed by atoms with Crippen molar-refractivity contribution in [1.82, 2.24) is 5.16 Å². The van der Waals surface area contributed by atoms with Crippen LogP contribution in [0.4, 0.5) is 5.82 Å². The molecular weight excluding hydrogens is 244 g/mol. The summed E-state index contributed by atoms with van der Waals surface area (Å²) in [6, 6.07) is 1.59. The van der Waals surface area contributed by atoms with Crippen LogP contribution in [0.1, 0.15) is 12.2 Å². The third-order valence-electron chi connectivity index (χ3n) is 2.03. The maximum Gasteiger partial charge on any atom is 0.262 e. The molecule has 0 unspecified atom stereocenters. The number of aromatic nitrogens is 1. The van der Waals surface area contributed by atoms with Gasteiger partial charge in [0.1, 0.15) is 11.0 Å². The number of aryl methyl sites for hydroxylation is 1. The van der Waals surface area contributed by atoms with Crippen molar-refractivity contribution < 1.29 is 14.1 Å². The molecule has 17 heavy (non-hydrogen) atoms. The highest BCUT2D eigenvalue weighted by Crippen LogP contribution is 2.23. The molecule has 8 heteroatoms. The first kappa shape index (κ1) is 11.6. The Morgan fingerprint density at radius 2 is 2.47 bits per heavy atom. The number of hydrogen-bond acceptors (Lipinski definition) is 6. The summed E-state index contributed by atoms with van der Waals surface area (Å²) < 4.78 is 4.79. The predicted octanol–water partition coefficient (Wildman–Crippen LogP) is 0.268. The number of nitrogens with zero attached hydrogens (tertiary/aromatic N) is 2. The van der Waals surface area contributed by atoms with Gasteiger partial charge in [0.2, 0.25) is 5.91 Å². The molecule has 1 aromatic rings. The number of hydrogen-bond donors (Lipinski definition) is 2. The Bertz CT molecular complexity index is 496. The maximum absolute atomic E-state index is 11.6. The average molecular weight is 254 g/mol. The number of nitrogens with one attached hydrogen (secondary N) is 1. The van der Waals surface area contributed by atoms with Gasteiger partial charge in [0.05, 0.1) is 0 Å². The third kappa shape index (κ3) is 2.84. The van der Waals surface area contributed by atoms with Gasteiger partial charge in [-0.15, -0.1) is 0 Å². The zero-order valence-electron chi connectivity index (χ0n) is 8.97. The molecule has 0 saturated heterocycles. The lowest BCUT2D eigenvalue weighted by Gasteiger charge is -2.04. The fraction of sp³-hybridized carbons (Fsp3) is 0.333. The highest BCUT2D eigenvalue weighted by atomic mass is 32.2. The van der Waals surface area contributed by atoms with Crippen LogP contribution in [0, 0.1) is 6.92 Å². The van der Waals surface area contributed by atoms with Crippen LogP contribution in [0.5, 0.6) is 0 Å². The Hall–Kier alpha value is -1.83. The minimum atomic E-state index is -0.539. The second-order valence-electron chi connectivity index (χ2n) is 3.47. The Balaban J connectivity index is 1.88. The van der Waals surface area contributed by atoms with E-state index in [-0.39, 0.29) is 23.4 Å². The maximum atomic E-state index is 11.6. The average Bonchev–Trinajstić information content (AvgIpc) is 2.74. The van der Waals surface area contributed by atoms with Crippen molar-refractivity contribution >= 4 is 34.6 Å². The zero-order chi connectivity index (χ0) is 12.4. The Morgan fingerprint density at radius 1 is 1.71 bits per heavy atom. The van der Waals surface area contributed by atoms with Crippen LogP contribution >= 0.6 is 11.8 Å². The normalized spacial score (nSPS) is 19.2. The molecule has 7 nitrogen and oxygen atoms in total. The molecule has 2 rings (SSSR count). The second-order valence-corrected chi connectivity index (χ2v) is 4.69. The number of rotatable bonds is 3. The summed E-state index contributed by atoms with van der Waals surface area (Å²) in [7, 11) is 0. The van der Waals surface area contributed by atoms with Gasteiger partial charge in [-0.05, 0) is 6.92 Å². The van der Waals surface area contributed by atoms with Crippen molar-refractivity contribution in [3.63, 3.8) is 0 Å². The van der Waals surface area contributed by atoms with Gasteiger partial charge in [0, 0.05) is 12.5 Å². The van der Waals surface area contributed by atoms with Crippen LogP contribution in [0.15, 0.2) is 15.6 Å². The fourth-order valence-corrected chi connectivity index (χ4v) is 2.14. The first-order valence-corrected chi connectivity index (χ1v) is 5.70.